The zero-order valence-electron chi connectivity index (χ0n) is 12.8. The monoisotopic (exact) mass is 270 g/mol. The average molecular weight is 270 g/mol. The summed E-state index contributed by atoms with van der Waals surface area (Å²) in [6, 6.07) is 0.717. The van der Waals surface area contributed by atoms with Crippen molar-refractivity contribution in [2.24, 2.45) is 0 Å². The van der Waals surface area contributed by atoms with Gasteiger partial charge in [0.1, 0.15) is 0 Å². The first kappa shape index (κ1) is 15.2. The van der Waals surface area contributed by atoms with Gasteiger partial charge in [0.2, 0.25) is 0 Å². The normalized spacial score (nSPS) is 30.3. The molecule has 2 saturated heterocycles. The number of nitrogens with one attached hydrogen (secondary N) is 4. The number of rotatable bonds is 4. The van der Waals surface area contributed by atoms with Crippen molar-refractivity contribution in [3.05, 3.63) is 0 Å². The zero-order valence-corrected chi connectivity index (χ0v) is 12.8. The number of hydrogen-bond donors (Lipinski definition) is 4. The lowest BCUT2D eigenvalue weighted by Crippen LogP contribution is -2.65. The molecule has 112 valence electrons. The molecule has 0 radical (unpaired) electrons. The first-order valence-electron chi connectivity index (χ1n) is 7.50. The number of ether oxygens (including phenoxy) is 1. The third-order valence-electron chi connectivity index (χ3n) is 4.29. The summed E-state index contributed by atoms with van der Waals surface area (Å²) in [5.74, 6) is 0. The summed E-state index contributed by atoms with van der Waals surface area (Å²) in [5.41, 5.74) is -0.369. The molecule has 0 spiro atoms. The highest BCUT2D eigenvalue weighted by atomic mass is 16.5. The lowest BCUT2D eigenvalue weighted by atomic mass is 9.92. The molecule has 2 atom stereocenters. The van der Waals surface area contributed by atoms with Crippen molar-refractivity contribution in [1.82, 2.24) is 21.3 Å². The Bertz CT molecular complexity index is 253. The van der Waals surface area contributed by atoms with Gasteiger partial charge in [0.15, 0.2) is 0 Å². The lowest BCUT2D eigenvalue weighted by Gasteiger charge is -2.46. The van der Waals surface area contributed by atoms with E-state index in [-0.39, 0.29) is 11.2 Å². The van der Waals surface area contributed by atoms with Crippen molar-refractivity contribution in [2.45, 2.75) is 51.0 Å². The van der Waals surface area contributed by atoms with Crippen LogP contribution in [0, 0.1) is 0 Å². The Balaban J connectivity index is 1.96. The minimum Gasteiger partial charge on any atom is -0.366 e. The van der Waals surface area contributed by atoms with Gasteiger partial charge < -0.3 is 26.0 Å². The van der Waals surface area contributed by atoms with Crippen LogP contribution in [0.4, 0.5) is 0 Å². The second-order valence-corrected chi connectivity index (χ2v) is 6.73. The second-order valence-electron chi connectivity index (χ2n) is 6.73. The fourth-order valence-corrected chi connectivity index (χ4v) is 3.11. The van der Waals surface area contributed by atoms with Gasteiger partial charge >= 0.3 is 0 Å². The summed E-state index contributed by atoms with van der Waals surface area (Å²) >= 11 is 0. The molecule has 2 heterocycles. The molecule has 0 aromatic carbocycles. The molecular weight excluding hydrogens is 240 g/mol. The quantitative estimate of drug-likeness (QED) is 0.564. The summed E-state index contributed by atoms with van der Waals surface area (Å²) in [5, 5.41) is 14.0. The minimum atomic E-state index is -0.184. The van der Waals surface area contributed by atoms with Crippen LogP contribution in [0.3, 0.4) is 0 Å². The van der Waals surface area contributed by atoms with Crippen LogP contribution in [0.2, 0.25) is 0 Å². The van der Waals surface area contributed by atoms with Gasteiger partial charge in [-0.1, -0.05) is 0 Å². The van der Waals surface area contributed by atoms with Crippen molar-refractivity contribution in [3.63, 3.8) is 0 Å². The summed E-state index contributed by atoms with van der Waals surface area (Å²) in [4.78, 5) is 0. The molecule has 19 heavy (non-hydrogen) atoms. The SMILES string of the molecule is CC(C)(OC(C)(C)C1CNCCN1)C1CNCCN1. The molecule has 0 saturated carbocycles. The number of piperazine rings is 2. The Morgan fingerprint density at radius 3 is 1.47 bits per heavy atom. The van der Waals surface area contributed by atoms with E-state index in [1.165, 1.54) is 0 Å². The van der Waals surface area contributed by atoms with Gasteiger partial charge in [-0.2, -0.15) is 0 Å². The molecule has 2 aliphatic heterocycles. The Kier molecular flexibility index (Phi) is 4.84. The molecule has 0 bridgehead atoms. The van der Waals surface area contributed by atoms with Crippen molar-refractivity contribution in [3.8, 4) is 0 Å². The van der Waals surface area contributed by atoms with E-state index >= 15 is 0 Å². The molecule has 2 fully saturated rings. The Labute approximate surface area is 117 Å². The van der Waals surface area contributed by atoms with Gasteiger partial charge in [0, 0.05) is 51.4 Å². The standard InChI is InChI=1S/C14H30N4O/c1-13(2,11-9-15-5-7-17-11)19-14(3,4)12-10-16-6-8-18-12/h11-12,15-18H,5-10H2,1-4H3. The fraction of sp³-hybridized carbons (Fsp3) is 1.00. The minimum absolute atomic E-state index is 0.184. The predicted octanol–water partition coefficient (Wildman–Crippen LogP) is -0.317. The van der Waals surface area contributed by atoms with E-state index in [1.54, 1.807) is 0 Å². The molecule has 5 nitrogen and oxygen atoms in total. The van der Waals surface area contributed by atoms with Crippen molar-refractivity contribution < 1.29 is 4.74 Å². The van der Waals surface area contributed by atoms with E-state index in [1.807, 2.05) is 0 Å². The van der Waals surface area contributed by atoms with Gasteiger partial charge in [-0.05, 0) is 27.7 Å². The van der Waals surface area contributed by atoms with Gasteiger partial charge in [-0.3, -0.25) is 0 Å². The topological polar surface area (TPSA) is 57.4 Å². The molecule has 4 N–H and O–H groups in total. The Morgan fingerprint density at radius 1 is 0.737 bits per heavy atom. The van der Waals surface area contributed by atoms with E-state index in [0.29, 0.717) is 12.1 Å². The summed E-state index contributed by atoms with van der Waals surface area (Å²) in [6.45, 7) is 14.8. The van der Waals surface area contributed by atoms with Gasteiger partial charge in [-0.25, -0.2) is 0 Å². The zero-order chi connectivity index (χ0) is 13.9. The summed E-state index contributed by atoms with van der Waals surface area (Å²) < 4.78 is 6.50. The Morgan fingerprint density at radius 2 is 1.16 bits per heavy atom. The maximum absolute atomic E-state index is 6.50. The van der Waals surface area contributed by atoms with E-state index in [0.717, 1.165) is 39.3 Å². The predicted molar refractivity (Wildman–Crippen MR) is 78.6 cm³/mol. The van der Waals surface area contributed by atoms with E-state index in [4.69, 9.17) is 4.74 Å². The summed E-state index contributed by atoms with van der Waals surface area (Å²) in [7, 11) is 0. The van der Waals surface area contributed by atoms with Crippen molar-refractivity contribution in [2.75, 3.05) is 39.3 Å². The van der Waals surface area contributed by atoms with Crippen LogP contribution in [0.15, 0.2) is 0 Å². The molecule has 0 amide bonds. The first-order valence-corrected chi connectivity index (χ1v) is 7.50. The first-order chi connectivity index (χ1) is 8.92. The van der Waals surface area contributed by atoms with Crippen LogP contribution in [0.25, 0.3) is 0 Å². The molecule has 0 aromatic rings. The van der Waals surface area contributed by atoms with E-state index in [2.05, 4.69) is 49.0 Å². The van der Waals surface area contributed by atoms with Gasteiger partial charge in [-0.15, -0.1) is 0 Å². The maximum Gasteiger partial charge on any atom is 0.0799 e. The van der Waals surface area contributed by atoms with Gasteiger partial charge in [0.05, 0.1) is 11.2 Å². The highest BCUT2D eigenvalue weighted by molar-refractivity contribution is 4.97. The molecule has 2 aliphatic rings. The second kappa shape index (κ2) is 6.06. The Hall–Kier alpha value is -0.200. The molecule has 0 aromatic heterocycles. The molecule has 0 aliphatic carbocycles. The van der Waals surface area contributed by atoms with Crippen LogP contribution < -0.4 is 21.3 Å². The van der Waals surface area contributed by atoms with Crippen LogP contribution in [-0.2, 0) is 4.74 Å². The van der Waals surface area contributed by atoms with Crippen LogP contribution in [0.5, 0.6) is 0 Å². The fourth-order valence-electron chi connectivity index (χ4n) is 3.11. The smallest absolute Gasteiger partial charge is 0.0799 e. The van der Waals surface area contributed by atoms with E-state index in [9.17, 15) is 0 Å². The highest BCUT2D eigenvalue weighted by Gasteiger charge is 2.40. The van der Waals surface area contributed by atoms with Crippen LogP contribution >= 0.6 is 0 Å². The average Bonchev–Trinajstić information content (AvgIpc) is 2.40. The number of hydrogen-bond acceptors (Lipinski definition) is 5. The van der Waals surface area contributed by atoms with Crippen LogP contribution in [-0.4, -0.2) is 62.6 Å². The third kappa shape index (κ3) is 3.89. The van der Waals surface area contributed by atoms with E-state index < -0.39 is 0 Å². The third-order valence-corrected chi connectivity index (χ3v) is 4.29. The van der Waals surface area contributed by atoms with Crippen LogP contribution in [0.1, 0.15) is 27.7 Å². The molecule has 2 rings (SSSR count). The molecule has 2 unspecified atom stereocenters. The largest absolute Gasteiger partial charge is 0.366 e. The summed E-state index contributed by atoms with van der Waals surface area (Å²) in [6.07, 6.45) is 0. The van der Waals surface area contributed by atoms with Gasteiger partial charge in [0.25, 0.3) is 0 Å². The van der Waals surface area contributed by atoms with Crippen molar-refractivity contribution >= 4 is 0 Å². The maximum atomic E-state index is 6.50. The molecule has 5 heteroatoms. The van der Waals surface area contributed by atoms with Crippen molar-refractivity contribution in [1.29, 1.82) is 0 Å². The highest BCUT2D eigenvalue weighted by Crippen LogP contribution is 2.27. The lowest BCUT2D eigenvalue weighted by molar-refractivity contribution is -0.154. The molecular formula is C14H30N4O.